The van der Waals surface area contributed by atoms with E-state index in [1.807, 2.05) is 48.5 Å². The van der Waals surface area contributed by atoms with Crippen LogP contribution < -0.4 is 9.64 Å². The molecule has 1 aromatic heterocycles. The van der Waals surface area contributed by atoms with Gasteiger partial charge in [-0.2, -0.15) is 0 Å². The van der Waals surface area contributed by atoms with E-state index >= 15 is 0 Å². The maximum Gasteiger partial charge on any atom is 0.227 e. The average molecular weight is 415 g/mol. The van der Waals surface area contributed by atoms with Gasteiger partial charge in [0, 0.05) is 25.4 Å². The number of carbonyl (C=O) groups is 1. The molecule has 5 rings (SSSR count). The van der Waals surface area contributed by atoms with Crippen molar-refractivity contribution in [3.63, 3.8) is 0 Å². The van der Waals surface area contributed by atoms with Crippen molar-refractivity contribution < 1.29 is 13.9 Å². The van der Waals surface area contributed by atoms with Gasteiger partial charge in [-0.25, -0.2) is 9.37 Å². The van der Waals surface area contributed by atoms with Crippen LogP contribution >= 0.6 is 0 Å². The number of ether oxygens (including phenoxy) is 1. The highest BCUT2D eigenvalue weighted by Crippen LogP contribution is 2.37. The Morgan fingerprint density at radius 2 is 1.77 bits per heavy atom. The van der Waals surface area contributed by atoms with Gasteiger partial charge in [-0.3, -0.25) is 4.79 Å². The molecule has 156 valence electrons. The summed E-state index contributed by atoms with van der Waals surface area (Å²) in [5, 5.41) is 0. The van der Waals surface area contributed by atoms with Crippen LogP contribution in [0, 0.1) is 5.82 Å². The van der Waals surface area contributed by atoms with Crippen molar-refractivity contribution >= 4 is 22.6 Å². The molecule has 1 fully saturated rings. The molecule has 1 aliphatic heterocycles. The lowest BCUT2D eigenvalue weighted by Gasteiger charge is -2.20. The van der Waals surface area contributed by atoms with Gasteiger partial charge in [0.1, 0.15) is 17.4 Å². The first kappa shape index (κ1) is 19.3. The van der Waals surface area contributed by atoms with Crippen LogP contribution in [0.25, 0.3) is 11.0 Å². The lowest BCUT2D eigenvalue weighted by molar-refractivity contribution is -0.117. The number of nitrogens with zero attached hydrogens (tertiary/aromatic N) is 3. The van der Waals surface area contributed by atoms with Crippen molar-refractivity contribution in [2.24, 2.45) is 0 Å². The number of fused-ring (bicyclic) bond motifs is 1. The summed E-state index contributed by atoms with van der Waals surface area (Å²) in [5.41, 5.74) is 3.66. The minimum Gasteiger partial charge on any atom is -0.495 e. The van der Waals surface area contributed by atoms with Gasteiger partial charge in [0.25, 0.3) is 0 Å². The first-order chi connectivity index (χ1) is 15.1. The van der Waals surface area contributed by atoms with Crippen LogP contribution in [0.4, 0.5) is 10.1 Å². The van der Waals surface area contributed by atoms with Gasteiger partial charge in [0.15, 0.2) is 0 Å². The van der Waals surface area contributed by atoms with Gasteiger partial charge in [-0.05, 0) is 42.0 Å². The third-order valence-corrected chi connectivity index (χ3v) is 5.80. The second-order valence-corrected chi connectivity index (χ2v) is 7.75. The Kier molecular flexibility index (Phi) is 4.90. The highest BCUT2D eigenvalue weighted by Gasteiger charge is 2.35. The van der Waals surface area contributed by atoms with E-state index < -0.39 is 0 Å². The van der Waals surface area contributed by atoms with Crippen LogP contribution in [0.2, 0.25) is 0 Å². The molecular formula is C25H22FN3O2. The van der Waals surface area contributed by atoms with Crippen molar-refractivity contribution in [1.82, 2.24) is 9.55 Å². The molecule has 1 atom stereocenters. The minimum absolute atomic E-state index is 0.0507. The number of aromatic nitrogens is 2. The molecule has 0 aliphatic carbocycles. The largest absolute Gasteiger partial charge is 0.495 e. The van der Waals surface area contributed by atoms with Crippen LogP contribution in [-0.4, -0.2) is 29.1 Å². The maximum absolute atomic E-state index is 13.4. The molecule has 0 N–H and O–H groups in total. The molecule has 4 aromatic rings. The number of para-hydroxylation sites is 4. The number of imidazole rings is 1. The monoisotopic (exact) mass is 415 g/mol. The fraction of sp³-hybridized carbons (Fsp3) is 0.200. The molecule has 31 heavy (non-hydrogen) atoms. The zero-order valence-electron chi connectivity index (χ0n) is 17.2. The molecule has 2 heterocycles. The van der Waals surface area contributed by atoms with Crippen LogP contribution in [0.5, 0.6) is 5.75 Å². The predicted molar refractivity (Wildman–Crippen MR) is 118 cm³/mol. The third kappa shape index (κ3) is 3.54. The Hall–Kier alpha value is -3.67. The smallest absolute Gasteiger partial charge is 0.227 e. The second kappa shape index (κ2) is 7.87. The fourth-order valence-corrected chi connectivity index (χ4v) is 4.31. The molecular weight excluding hydrogens is 393 g/mol. The fourth-order valence-electron chi connectivity index (χ4n) is 4.31. The average Bonchev–Trinajstić information content (AvgIpc) is 3.36. The number of hydrogen-bond acceptors (Lipinski definition) is 3. The summed E-state index contributed by atoms with van der Waals surface area (Å²) in [7, 11) is 1.61. The first-order valence-electron chi connectivity index (χ1n) is 10.3. The topological polar surface area (TPSA) is 47.4 Å². The number of methoxy groups -OCH3 is 1. The molecule has 0 radical (unpaired) electrons. The molecule has 3 aromatic carbocycles. The van der Waals surface area contributed by atoms with E-state index in [1.165, 1.54) is 12.1 Å². The van der Waals surface area contributed by atoms with Crippen LogP contribution in [0.1, 0.15) is 23.7 Å². The van der Waals surface area contributed by atoms with E-state index in [0.29, 0.717) is 25.3 Å². The predicted octanol–water partition coefficient (Wildman–Crippen LogP) is 4.75. The Labute approximate surface area is 179 Å². The summed E-state index contributed by atoms with van der Waals surface area (Å²) in [6.45, 7) is 1.10. The van der Waals surface area contributed by atoms with Gasteiger partial charge in [-0.15, -0.1) is 0 Å². The van der Waals surface area contributed by atoms with Crippen molar-refractivity contribution in [1.29, 1.82) is 0 Å². The SMILES string of the molecule is COc1ccccc1N1C[C@@H](c2nc3ccccc3n2Cc2ccc(F)cc2)CC1=O. The molecule has 0 bridgehead atoms. The number of benzene rings is 3. The Balaban J connectivity index is 1.53. The van der Waals surface area contributed by atoms with Crippen molar-refractivity contribution in [3.05, 3.63) is 90.0 Å². The molecule has 0 unspecified atom stereocenters. The van der Waals surface area contributed by atoms with E-state index in [-0.39, 0.29) is 17.6 Å². The molecule has 5 nitrogen and oxygen atoms in total. The molecule has 0 saturated carbocycles. The highest BCUT2D eigenvalue weighted by molar-refractivity contribution is 5.97. The molecule has 0 spiro atoms. The third-order valence-electron chi connectivity index (χ3n) is 5.80. The van der Waals surface area contributed by atoms with Crippen molar-refractivity contribution in [3.8, 4) is 5.75 Å². The number of carbonyl (C=O) groups excluding carboxylic acids is 1. The zero-order chi connectivity index (χ0) is 21.4. The summed E-state index contributed by atoms with van der Waals surface area (Å²) in [6.07, 6.45) is 0.380. The van der Waals surface area contributed by atoms with Crippen LogP contribution in [0.15, 0.2) is 72.8 Å². The number of rotatable bonds is 5. The zero-order valence-corrected chi connectivity index (χ0v) is 17.2. The molecule has 6 heteroatoms. The lowest BCUT2D eigenvalue weighted by Crippen LogP contribution is -2.25. The van der Waals surface area contributed by atoms with E-state index in [1.54, 1.807) is 24.1 Å². The van der Waals surface area contributed by atoms with Gasteiger partial charge >= 0.3 is 0 Å². The summed E-state index contributed by atoms with van der Waals surface area (Å²) in [6, 6.07) is 22.0. The first-order valence-corrected chi connectivity index (χ1v) is 10.3. The number of hydrogen-bond donors (Lipinski definition) is 0. The van der Waals surface area contributed by atoms with Gasteiger partial charge < -0.3 is 14.2 Å². The van der Waals surface area contributed by atoms with E-state index in [9.17, 15) is 9.18 Å². The van der Waals surface area contributed by atoms with Crippen LogP contribution in [-0.2, 0) is 11.3 Å². The standard InChI is InChI=1S/C25H22FN3O2/c1-31-23-9-5-4-8-22(23)28-16-18(14-24(28)30)25-27-20-6-2-3-7-21(20)29(25)15-17-10-12-19(26)13-11-17/h2-13,18H,14-16H2,1H3/t18-/m0/s1. The Morgan fingerprint density at radius 3 is 2.58 bits per heavy atom. The maximum atomic E-state index is 13.4. The van der Waals surface area contributed by atoms with Crippen LogP contribution in [0.3, 0.4) is 0 Å². The molecule has 1 saturated heterocycles. The molecule has 1 amide bonds. The number of amides is 1. The Morgan fingerprint density at radius 1 is 1.03 bits per heavy atom. The normalized spacial score (nSPS) is 16.3. The lowest BCUT2D eigenvalue weighted by atomic mass is 10.1. The second-order valence-electron chi connectivity index (χ2n) is 7.75. The van der Waals surface area contributed by atoms with E-state index in [4.69, 9.17) is 9.72 Å². The van der Waals surface area contributed by atoms with Crippen molar-refractivity contribution in [2.75, 3.05) is 18.6 Å². The minimum atomic E-state index is -0.256. The quantitative estimate of drug-likeness (QED) is 0.473. The number of halogens is 1. The summed E-state index contributed by atoms with van der Waals surface area (Å²) >= 11 is 0. The Bertz CT molecular complexity index is 1250. The van der Waals surface area contributed by atoms with Gasteiger partial charge in [-0.1, -0.05) is 36.4 Å². The summed E-state index contributed by atoms with van der Waals surface area (Å²) in [4.78, 5) is 19.6. The summed E-state index contributed by atoms with van der Waals surface area (Å²) < 4.78 is 21.0. The van der Waals surface area contributed by atoms with Gasteiger partial charge in [0.2, 0.25) is 5.91 Å². The highest BCUT2D eigenvalue weighted by atomic mass is 19.1. The summed E-state index contributed by atoms with van der Waals surface area (Å²) in [5.74, 6) is 1.29. The molecule has 1 aliphatic rings. The van der Waals surface area contributed by atoms with Gasteiger partial charge in [0.05, 0.1) is 23.8 Å². The van der Waals surface area contributed by atoms with Crippen molar-refractivity contribution in [2.45, 2.75) is 18.9 Å². The number of anilines is 1. The van der Waals surface area contributed by atoms with E-state index in [0.717, 1.165) is 28.1 Å². The van der Waals surface area contributed by atoms with E-state index in [2.05, 4.69) is 4.57 Å².